The maximum absolute atomic E-state index is 9.94. The molecule has 0 spiro atoms. The van der Waals surface area contributed by atoms with Gasteiger partial charge in [-0.1, -0.05) is 82.9 Å². The van der Waals surface area contributed by atoms with Crippen LogP contribution in [-0.4, -0.2) is 5.11 Å². The van der Waals surface area contributed by atoms with Gasteiger partial charge in [0.1, 0.15) is 5.75 Å². The summed E-state index contributed by atoms with van der Waals surface area (Å²) in [5.74, 6) is 0.503. The molecule has 0 atom stereocenters. The molecular weight excluding hydrogens is 244 g/mol. The van der Waals surface area contributed by atoms with Gasteiger partial charge < -0.3 is 5.11 Å². The minimum atomic E-state index is 0.503. The van der Waals surface area contributed by atoms with Crippen LogP contribution in [0.5, 0.6) is 5.75 Å². The van der Waals surface area contributed by atoms with Crippen molar-refractivity contribution in [3.8, 4) is 5.75 Å². The Hall–Kier alpha value is -0.980. The Balaban J connectivity index is 1.98. The molecular formula is C19H32O. The van der Waals surface area contributed by atoms with Crippen LogP contribution in [0.2, 0.25) is 0 Å². The zero-order chi connectivity index (χ0) is 14.6. The SMILES string of the molecule is CCCCCCCCCCCCc1cccc(C)c1O. The van der Waals surface area contributed by atoms with Gasteiger partial charge >= 0.3 is 0 Å². The summed E-state index contributed by atoms with van der Waals surface area (Å²) in [5.41, 5.74) is 2.11. The topological polar surface area (TPSA) is 20.2 Å². The number of phenols is 1. The molecule has 0 unspecified atom stereocenters. The number of phenolic OH excluding ortho intramolecular Hbond substituents is 1. The minimum absolute atomic E-state index is 0.503. The Labute approximate surface area is 125 Å². The van der Waals surface area contributed by atoms with Crippen molar-refractivity contribution in [1.29, 1.82) is 0 Å². The average Bonchev–Trinajstić information content (AvgIpc) is 2.45. The van der Waals surface area contributed by atoms with E-state index in [1.54, 1.807) is 0 Å². The second kappa shape index (κ2) is 10.8. The third-order valence-electron chi connectivity index (χ3n) is 4.12. The molecule has 1 nitrogen and oxygen atoms in total. The van der Waals surface area contributed by atoms with E-state index in [9.17, 15) is 5.11 Å². The molecule has 1 N–H and O–H groups in total. The van der Waals surface area contributed by atoms with Crippen LogP contribution in [0.25, 0.3) is 0 Å². The summed E-state index contributed by atoms with van der Waals surface area (Å²) in [7, 11) is 0. The first-order chi connectivity index (χ1) is 9.75. The summed E-state index contributed by atoms with van der Waals surface area (Å²) in [4.78, 5) is 0. The fraction of sp³-hybridized carbons (Fsp3) is 0.684. The summed E-state index contributed by atoms with van der Waals surface area (Å²) in [6.07, 6.45) is 14.6. The van der Waals surface area contributed by atoms with Crippen LogP contribution in [-0.2, 0) is 6.42 Å². The second-order valence-corrected chi connectivity index (χ2v) is 6.01. The normalized spacial score (nSPS) is 10.9. The van der Waals surface area contributed by atoms with Gasteiger partial charge in [0, 0.05) is 0 Å². The van der Waals surface area contributed by atoms with Gasteiger partial charge in [0.25, 0.3) is 0 Å². The van der Waals surface area contributed by atoms with Crippen LogP contribution in [0.4, 0.5) is 0 Å². The molecule has 0 bridgehead atoms. The summed E-state index contributed by atoms with van der Waals surface area (Å²) >= 11 is 0. The van der Waals surface area contributed by atoms with Crippen molar-refractivity contribution >= 4 is 0 Å². The van der Waals surface area contributed by atoms with Crippen molar-refractivity contribution in [2.75, 3.05) is 0 Å². The monoisotopic (exact) mass is 276 g/mol. The average molecular weight is 276 g/mol. The van der Waals surface area contributed by atoms with Crippen LogP contribution in [0.1, 0.15) is 82.3 Å². The summed E-state index contributed by atoms with van der Waals surface area (Å²) in [6, 6.07) is 6.06. The summed E-state index contributed by atoms with van der Waals surface area (Å²) in [6.45, 7) is 4.24. The molecule has 0 aliphatic heterocycles. The third-order valence-corrected chi connectivity index (χ3v) is 4.12. The number of unbranched alkanes of at least 4 members (excludes halogenated alkanes) is 9. The zero-order valence-corrected chi connectivity index (χ0v) is 13.5. The number of aromatic hydroxyl groups is 1. The van der Waals surface area contributed by atoms with E-state index in [0.717, 1.165) is 17.5 Å². The fourth-order valence-corrected chi connectivity index (χ4v) is 2.72. The van der Waals surface area contributed by atoms with Crippen molar-refractivity contribution in [2.45, 2.75) is 84.5 Å². The van der Waals surface area contributed by atoms with Gasteiger partial charge in [-0.15, -0.1) is 0 Å². The molecule has 1 heteroatoms. The molecule has 1 aromatic carbocycles. The van der Waals surface area contributed by atoms with Crippen LogP contribution in [0.3, 0.4) is 0 Å². The Morgan fingerprint density at radius 2 is 1.35 bits per heavy atom. The lowest BCUT2D eigenvalue weighted by atomic mass is 10.0. The van der Waals surface area contributed by atoms with Crippen molar-refractivity contribution < 1.29 is 5.11 Å². The fourth-order valence-electron chi connectivity index (χ4n) is 2.72. The van der Waals surface area contributed by atoms with E-state index in [2.05, 4.69) is 13.0 Å². The predicted molar refractivity (Wildman–Crippen MR) is 88.4 cm³/mol. The van der Waals surface area contributed by atoms with E-state index in [1.807, 2.05) is 19.1 Å². The summed E-state index contributed by atoms with van der Waals surface area (Å²) in [5, 5.41) is 9.94. The van der Waals surface area contributed by atoms with E-state index < -0.39 is 0 Å². The first-order valence-electron chi connectivity index (χ1n) is 8.53. The molecule has 0 radical (unpaired) electrons. The smallest absolute Gasteiger partial charge is 0.121 e. The van der Waals surface area contributed by atoms with E-state index in [0.29, 0.717) is 5.75 Å². The highest BCUT2D eigenvalue weighted by Gasteiger charge is 2.02. The molecule has 0 amide bonds. The highest BCUT2D eigenvalue weighted by molar-refractivity contribution is 5.39. The van der Waals surface area contributed by atoms with Gasteiger partial charge in [0.05, 0.1) is 0 Å². The second-order valence-electron chi connectivity index (χ2n) is 6.01. The first-order valence-corrected chi connectivity index (χ1v) is 8.53. The highest BCUT2D eigenvalue weighted by Crippen LogP contribution is 2.23. The highest BCUT2D eigenvalue weighted by atomic mass is 16.3. The maximum atomic E-state index is 9.94. The number of aryl methyl sites for hydroxylation is 2. The lowest BCUT2D eigenvalue weighted by molar-refractivity contribution is 0.461. The number of para-hydroxylation sites is 1. The molecule has 0 saturated heterocycles. The lowest BCUT2D eigenvalue weighted by Crippen LogP contribution is -1.89. The van der Waals surface area contributed by atoms with Crippen LogP contribution in [0.15, 0.2) is 18.2 Å². The van der Waals surface area contributed by atoms with Gasteiger partial charge in [0.2, 0.25) is 0 Å². The van der Waals surface area contributed by atoms with Crippen molar-refractivity contribution in [1.82, 2.24) is 0 Å². The predicted octanol–water partition coefficient (Wildman–Crippen LogP) is 6.16. The molecule has 0 aliphatic rings. The van der Waals surface area contributed by atoms with Crippen LogP contribution in [0, 0.1) is 6.92 Å². The van der Waals surface area contributed by atoms with Gasteiger partial charge in [0.15, 0.2) is 0 Å². The Bertz CT molecular complexity index is 357. The molecule has 0 aliphatic carbocycles. The molecule has 0 heterocycles. The lowest BCUT2D eigenvalue weighted by Gasteiger charge is -2.07. The van der Waals surface area contributed by atoms with Gasteiger partial charge in [-0.3, -0.25) is 0 Å². The largest absolute Gasteiger partial charge is 0.507 e. The van der Waals surface area contributed by atoms with Crippen molar-refractivity contribution in [3.05, 3.63) is 29.3 Å². The van der Waals surface area contributed by atoms with E-state index in [-0.39, 0.29) is 0 Å². The quantitative estimate of drug-likeness (QED) is 0.479. The first kappa shape index (κ1) is 17.1. The molecule has 0 aromatic heterocycles. The van der Waals surface area contributed by atoms with Crippen LogP contribution < -0.4 is 0 Å². The van der Waals surface area contributed by atoms with Gasteiger partial charge in [-0.05, 0) is 30.9 Å². The van der Waals surface area contributed by atoms with Gasteiger partial charge in [-0.25, -0.2) is 0 Å². The maximum Gasteiger partial charge on any atom is 0.121 e. The van der Waals surface area contributed by atoms with E-state index in [4.69, 9.17) is 0 Å². The molecule has 1 aromatic rings. The minimum Gasteiger partial charge on any atom is -0.507 e. The molecule has 1 rings (SSSR count). The third kappa shape index (κ3) is 6.98. The number of benzene rings is 1. The Morgan fingerprint density at radius 3 is 1.95 bits per heavy atom. The Kier molecular flexibility index (Phi) is 9.19. The molecule has 114 valence electrons. The van der Waals surface area contributed by atoms with Crippen LogP contribution >= 0.6 is 0 Å². The molecule has 0 fully saturated rings. The van der Waals surface area contributed by atoms with E-state index in [1.165, 1.54) is 64.2 Å². The van der Waals surface area contributed by atoms with E-state index >= 15 is 0 Å². The summed E-state index contributed by atoms with van der Waals surface area (Å²) < 4.78 is 0. The standard InChI is InChI=1S/C19H32O/c1-3-4-5-6-7-8-9-10-11-12-15-18-16-13-14-17(2)19(18)20/h13-14,16,20H,3-12,15H2,1-2H3. The van der Waals surface area contributed by atoms with Crippen molar-refractivity contribution in [2.24, 2.45) is 0 Å². The van der Waals surface area contributed by atoms with Gasteiger partial charge in [-0.2, -0.15) is 0 Å². The number of hydrogen-bond donors (Lipinski definition) is 1. The molecule has 20 heavy (non-hydrogen) atoms. The van der Waals surface area contributed by atoms with Crippen molar-refractivity contribution in [3.63, 3.8) is 0 Å². The molecule has 0 saturated carbocycles. The number of rotatable bonds is 11. The zero-order valence-electron chi connectivity index (χ0n) is 13.5. The Morgan fingerprint density at radius 1 is 0.800 bits per heavy atom. The number of hydrogen-bond acceptors (Lipinski definition) is 1.